The standard InChI is InChI=1S/C34H34ClN3O2S2/c1-2-3-4-5-6-12-21-37-33(39)31(42-34(37)41)22-27-23-38(28-14-8-7-9-15-28)36-32(27)25-17-19-29(20-18-25)40-24-26-13-10-11-16-30(26)35/h7-11,13-20,22-23H,2-6,12,21,24H2,1H3/b31-22-. The van der Waals surface area contributed by atoms with Crippen LogP contribution in [0.1, 0.15) is 56.6 Å². The fourth-order valence-electron chi connectivity index (χ4n) is 4.80. The highest BCUT2D eigenvalue weighted by Gasteiger charge is 2.32. The molecule has 1 aliphatic heterocycles. The molecule has 5 nitrogen and oxygen atoms in total. The Balaban J connectivity index is 1.35. The van der Waals surface area contributed by atoms with Gasteiger partial charge in [-0.15, -0.1) is 0 Å². The molecule has 0 aliphatic carbocycles. The topological polar surface area (TPSA) is 47.4 Å². The van der Waals surface area contributed by atoms with E-state index in [2.05, 4.69) is 6.92 Å². The first-order valence-electron chi connectivity index (χ1n) is 14.4. The number of thioether (sulfide) groups is 1. The lowest BCUT2D eigenvalue weighted by Gasteiger charge is -2.14. The van der Waals surface area contributed by atoms with Crippen LogP contribution >= 0.6 is 35.6 Å². The highest BCUT2D eigenvalue weighted by molar-refractivity contribution is 8.26. The molecule has 1 fully saturated rings. The Bertz CT molecular complexity index is 1550. The number of aromatic nitrogens is 2. The van der Waals surface area contributed by atoms with Crippen molar-refractivity contribution in [3.63, 3.8) is 0 Å². The third-order valence-corrected chi connectivity index (χ3v) is 8.89. The first-order valence-corrected chi connectivity index (χ1v) is 16.0. The molecule has 0 bridgehead atoms. The molecular formula is C34H34ClN3O2S2. The minimum Gasteiger partial charge on any atom is -0.489 e. The van der Waals surface area contributed by atoms with E-state index >= 15 is 0 Å². The maximum atomic E-state index is 13.4. The molecule has 5 rings (SSSR count). The van der Waals surface area contributed by atoms with Crippen LogP contribution in [0.4, 0.5) is 0 Å². The van der Waals surface area contributed by atoms with Crippen LogP contribution in [0.5, 0.6) is 5.75 Å². The summed E-state index contributed by atoms with van der Waals surface area (Å²) in [5.41, 5.74) is 4.42. The van der Waals surface area contributed by atoms with Crippen molar-refractivity contribution >= 4 is 51.9 Å². The molecule has 216 valence electrons. The van der Waals surface area contributed by atoms with Crippen molar-refractivity contribution in [1.29, 1.82) is 0 Å². The van der Waals surface area contributed by atoms with Crippen molar-refractivity contribution < 1.29 is 9.53 Å². The maximum Gasteiger partial charge on any atom is 0.266 e. The van der Waals surface area contributed by atoms with Crippen LogP contribution in [0.2, 0.25) is 5.02 Å². The van der Waals surface area contributed by atoms with Crippen LogP contribution in [-0.4, -0.2) is 31.5 Å². The first kappa shape index (κ1) is 30.1. The molecule has 3 aromatic carbocycles. The number of benzene rings is 3. The van der Waals surface area contributed by atoms with E-state index in [1.54, 1.807) is 4.90 Å². The highest BCUT2D eigenvalue weighted by Crippen LogP contribution is 2.35. The van der Waals surface area contributed by atoms with Crippen molar-refractivity contribution in [3.8, 4) is 22.7 Å². The Morgan fingerprint density at radius 2 is 1.64 bits per heavy atom. The van der Waals surface area contributed by atoms with Crippen molar-refractivity contribution in [2.45, 2.75) is 52.1 Å². The minimum atomic E-state index is -0.0275. The second-order valence-corrected chi connectivity index (χ2v) is 12.3. The smallest absolute Gasteiger partial charge is 0.266 e. The number of halogens is 1. The average Bonchev–Trinajstić information content (AvgIpc) is 3.55. The molecule has 2 heterocycles. The fourth-order valence-corrected chi connectivity index (χ4v) is 6.29. The van der Waals surface area contributed by atoms with Gasteiger partial charge in [0, 0.05) is 34.5 Å². The normalized spacial score (nSPS) is 14.2. The third kappa shape index (κ3) is 7.51. The molecule has 42 heavy (non-hydrogen) atoms. The molecule has 4 aromatic rings. The summed E-state index contributed by atoms with van der Waals surface area (Å²) in [4.78, 5) is 15.7. The zero-order valence-corrected chi connectivity index (χ0v) is 26.1. The van der Waals surface area contributed by atoms with Gasteiger partial charge in [-0.1, -0.05) is 111 Å². The second kappa shape index (κ2) is 14.7. The fraction of sp³-hybridized carbons (Fsp3) is 0.265. The molecule has 8 heteroatoms. The van der Waals surface area contributed by atoms with Gasteiger partial charge in [-0.25, -0.2) is 4.68 Å². The lowest BCUT2D eigenvalue weighted by molar-refractivity contribution is -0.122. The van der Waals surface area contributed by atoms with Crippen LogP contribution in [-0.2, 0) is 11.4 Å². The molecule has 1 amide bonds. The molecule has 0 N–H and O–H groups in total. The quantitative estimate of drug-likeness (QED) is 0.0852. The van der Waals surface area contributed by atoms with Gasteiger partial charge in [-0.2, -0.15) is 5.10 Å². The SMILES string of the molecule is CCCCCCCCN1C(=O)/C(=C/c2cn(-c3ccccc3)nc2-c2ccc(OCc3ccccc3Cl)cc2)SC1=S. The first-order chi connectivity index (χ1) is 20.5. The minimum absolute atomic E-state index is 0.0275. The number of ether oxygens (including phenoxy) is 1. The van der Waals surface area contributed by atoms with Crippen molar-refractivity contribution in [1.82, 2.24) is 14.7 Å². The summed E-state index contributed by atoms with van der Waals surface area (Å²) in [5.74, 6) is 0.707. The number of nitrogens with zero attached hydrogens (tertiary/aromatic N) is 3. The summed E-state index contributed by atoms with van der Waals surface area (Å²) in [7, 11) is 0. The molecule has 0 spiro atoms. The number of carbonyl (C=O) groups is 1. The van der Waals surface area contributed by atoms with E-state index in [-0.39, 0.29) is 5.91 Å². The summed E-state index contributed by atoms with van der Waals surface area (Å²) in [5, 5.41) is 5.61. The van der Waals surface area contributed by atoms with Crippen LogP contribution < -0.4 is 4.74 Å². The second-order valence-electron chi connectivity index (χ2n) is 10.2. The number of carbonyl (C=O) groups excluding carboxylic acids is 1. The predicted octanol–water partition coefficient (Wildman–Crippen LogP) is 9.33. The Morgan fingerprint density at radius 1 is 0.929 bits per heavy atom. The summed E-state index contributed by atoms with van der Waals surface area (Å²) < 4.78 is 8.45. The number of thiocarbonyl (C=S) groups is 1. The van der Waals surface area contributed by atoms with Gasteiger partial charge in [0.1, 0.15) is 16.7 Å². The number of para-hydroxylation sites is 1. The van der Waals surface area contributed by atoms with Crippen molar-refractivity contribution in [2.24, 2.45) is 0 Å². The van der Waals surface area contributed by atoms with E-state index in [4.69, 9.17) is 33.7 Å². The molecule has 0 radical (unpaired) electrons. The highest BCUT2D eigenvalue weighted by atomic mass is 35.5. The average molecular weight is 616 g/mol. The molecule has 0 saturated carbocycles. The van der Waals surface area contributed by atoms with Crippen LogP contribution in [0.25, 0.3) is 23.0 Å². The molecule has 1 aromatic heterocycles. The lowest BCUT2D eigenvalue weighted by Crippen LogP contribution is -2.29. The molecule has 0 atom stereocenters. The van der Waals surface area contributed by atoms with Gasteiger partial charge < -0.3 is 4.74 Å². The van der Waals surface area contributed by atoms with Crippen LogP contribution in [0.15, 0.2) is 90.0 Å². The summed E-state index contributed by atoms with van der Waals surface area (Å²) in [6, 6.07) is 25.4. The van der Waals surface area contributed by atoms with Gasteiger partial charge in [0.25, 0.3) is 5.91 Å². The van der Waals surface area contributed by atoms with E-state index in [0.717, 1.165) is 46.7 Å². The number of hydrogen-bond donors (Lipinski definition) is 0. The summed E-state index contributed by atoms with van der Waals surface area (Å²) >= 11 is 13.3. The van der Waals surface area contributed by atoms with E-state index in [9.17, 15) is 4.79 Å². The molecule has 1 aliphatic rings. The Hall–Kier alpha value is -3.39. The Morgan fingerprint density at radius 3 is 2.40 bits per heavy atom. The van der Waals surface area contributed by atoms with Gasteiger partial charge in [0.05, 0.1) is 16.3 Å². The number of rotatable bonds is 13. The number of amides is 1. The van der Waals surface area contributed by atoms with Gasteiger partial charge in [0.2, 0.25) is 0 Å². The van der Waals surface area contributed by atoms with Crippen molar-refractivity contribution in [2.75, 3.05) is 6.54 Å². The van der Waals surface area contributed by atoms with E-state index in [1.807, 2.05) is 95.8 Å². The van der Waals surface area contributed by atoms with Gasteiger partial charge in [0.15, 0.2) is 0 Å². The zero-order chi connectivity index (χ0) is 29.3. The van der Waals surface area contributed by atoms with Crippen LogP contribution in [0, 0.1) is 0 Å². The predicted molar refractivity (Wildman–Crippen MR) is 178 cm³/mol. The monoisotopic (exact) mass is 615 g/mol. The Kier molecular flexibility index (Phi) is 10.5. The zero-order valence-electron chi connectivity index (χ0n) is 23.7. The van der Waals surface area contributed by atoms with Crippen LogP contribution in [0.3, 0.4) is 0 Å². The van der Waals surface area contributed by atoms with Gasteiger partial charge >= 0.3 is 0 Å². The number of unbranched alkanes of at least 4 members (excludes halogenated alkanes) is 5. The number of hydrogen-bond acceptors (Lipinski definition) is 5. The summed E-state index contributed by atoms with van der Waals surface area (Å²) in [6.45, 7) is 3.27. The maximum absolute atomic E-state index is 13.4. The molecular weight excluding hydrogens is 582 g/mol. The van der Waals surface area contributed by atoms with E-state index in [1.165, 1.54) is 37.4 Å². The third-order valence-electron chi connectivity index (χ3n) is 7.14. The molecule has 0 unspecified atom stereocenters. The molecule has 1 saturated heterocycles. The van der Waals surface area contributed by atoms with Crippen molar-refractivity contribution in [3.05, 3.63) is 106 Å². The van der Waals surface area contributed by atoms with Gasteiger partial charge in [-0.05, 0) is 55.0 Å². The van der Waals surface area contributed by atoms with E-state index in [0.29, 0.717) is 27.4 Å². The lowest BCUT2D eigenvalue weighted by atomic mass is 10.1. The Labute approximate surface area is 262 Å². The summed E-state index contributed by atoms with van der Waals surface area (Å²) in [6.07, 6.45) is 10.9. The van der Waals surface area contributed by atoms with E-state index < -0.39 is 0 Å². The van der Waals surface area contributed by atoms with Gasteiger partial charge in [-0.3, -0.25) is 9.69 Å². The largest absolute Gasteiger partial charge is 0.489 e.